The first-order chi connectivity index (χ1) is 7.18. The Kier molecular flexibility index (Phi) is 9.05. The van der Waals surface area contributed by atoms with Gasteiger partial charge in [0.25, 0.3) is 0 Å². The van der Waals surface area contributed by atoms with E-state index in [1.165, 1.54) is 0 Å². The van der Waals surface area contributed by atoms with E-state index in [4.69, 9.17) is 19.7 Å². The second-order valence-corrected chi connectivity index (χ2v) is 2.93. The molecule has 0 heterocycles. The van der Waals surface area contributed by atoms with Crippen molar-refractivity contribution in [1.82, 2.24) is 0 Å². The molecule has 2 N–H and O–H groups in total. The quantitative estimate of drug-likeness (QED) is 0.433. The predicted molar refractivity (Wildman–Crippen MR) is 54.7 cm³/mol. The van der Waals surface area contributed by atoms with Gasteiger partial charge in [-0.1, -0.05) is 6.08 Å². The summed E-state index contributed by atoms with van der Waals surface area (Å²) in [6.45, 7) is 3.27. The summed E-state index contributed by atoms with van der Waals surface area (Å²) in [6.07, 6.45) is 2.20. The van der Waals surface area contributed by atoms with Gasteiger partial charge in [0.05, 0.1) is 33.0 Å². The first-order valence-corrected chi connectivity index (χ1v) is 4.85. The van der Waals surface area contributed by atoms with E-state index in [1.807, 2.05) is 0 Å². The fraction of sp³-hybridized carbons (Fsp3) is 0.700. The Morgan fingerprint density at radius 1 is 1.20 bits per heavy atom. The van der Waals surface area contributed by atoms with Gasteiger partial charge in [0, 0.05) is 5.57 Å². The molecule has 0 radical (unpaired) electrons. The summed E-state index contributed by atoms with van der Waals surface area (Å²) in [5.74, 6) is -0.902. The molecule has 15 heavy (non-hydrogen) atoms. The Bertz CT molecular complexity index is 200. The maximum Gasteiger partial charge on any atom is 0.330 e. The number of rotatable bonds is 9. The van der Waals surface area contributed by atoms with Crippen LogP contribution in [0.5, 0.6) is 0 Å². The van der Waals surface area contributed by atoms with Crippen LogP contribution in [0.4, 0.5) is 0 Å². The molecule has 0 aromatic heterocycles. The Labute approximate surface area is 89.3 Å². The molecule has 5 nitrogen and oxygen atoms in total. The summed E-state index contributed by atoms with van der Waals surface area (Å²) in [5.41, 5.74) is 0.329. The molecule has 0 unspecified atom stereocenters. The molecule has 0 atom stereocenters. The van der Waals surface area contributed by atoms with E-state index in [0.717, 1.165) is 0 Å². The SMILES string of the molecule is C/C(=C\CCOCCOCCO)C(=O)O. The molecule has 0 aliphatic heterocycles. The third kappa shape index (κ3) is 9.40. The van der Waals surface area contributed by atoms with Gasteiger partial charge in [-0.25, -0.2) is 4.79 Å². The first kappa shape index (κ1) is 14.1. The number of aliphatic hydroxyl groups excluding tert-OH is 1. The van der Waals surface area contributed by atoms with E-state index in [0.29, 0.717) is 38.4 Å². The molecule has 0 fully saturated rings. The average Bonchev–Trinajstić information content (AvgIpc) is 2.21. The number of aliphatic carboxylic acids is 1. The molecule has 88 valence electrons. The largest absolute Gasteiger partial charge is 0.478 e. The van der Waals surface area contributed by atoms with Gasteiger partial charge in [0.15, 0.2) is 0 Å². The minimum Gasteiger partial charge on any atom is -0.478 e. The third-order valence-electron chi connectivity index (χ3n) is 1.66. The summed E-state index contributed by atoms with van der Waals surface area (Å²) in [7, 11) is 0. The average molecular weight is 218 g/mol. The molecule has 0 spiro atoms. The van der Waals surface area contributed by atoms with Crippen LogP contribution in [-0.4, -0.2) is 49.2 Å². The topological polar surface area (TPSA) is 76.0 Å². The van der Waals surface area contributed by atoms with E-state index >= 15 is 0 Å². The zero-order valence-corrected chi connectivity index (χ0v) is 8.94. The number of hydrogen-bond acceptors (Lipinski definition) is 4. The minimum absolute atomic E-state index is 0.0144. The number of hydrogen-bond donors (Lipinski definition) is 2. The van der Waals surface area contributed by atoms with Crippen molar-refractivity contribution in [3.8, 4) is 0 Å². The number of carbonyl (C=O) groups is 1. The van der Waals surface area contributed by atoms with Gasteiger partial charge in [-0.3, -0.25) is 0 Å². The van der Waals surface area contributed by atoms with Gasteiger partial charge >= 0.3 is 5.97 Å². The van der Waals surface area contributed by atoms with Gasteiger partial charge in [0.1, 0.15) is 0 Å². The van der Waals surface area contributed by atoms with Crippen molar-refractivity contribution in [3.05, 3.63) is 11.6 Å². The summed E-state index contributed by atoms with van der Waals surface area (Å²) in [6, 6.07) is 0. The molecule has 0 rings (SSSR count). The summed E-state index contributed by atoms with van der Waals surface area (Å²) in [5, 5.41) is 16.9. The van der Waals surface area contributed by atoms with Crippen LogP contribution in [0.3, 0.4) is 0 Å². The second kappa shape index (κ2) is 9.64. The molecule has 0 aromatic rings. The van der Waals surface area contributed by atoms with E-state index < -0.39 is 5.97 Å². The molecule has 0 bridgehead atoms. The van der Waals surface area contributed by atoms with Gasteiger partial charge in [-0.05, 0) is 13.3 Å². The molecule has 0 aromatic carbocycles. The highest BCUT2D eigenvalue weighted by molar-refractivity contribution is 5.85. The Morgan fingerprint density at radius 2 is 1.80 bits per heavy atom. The highest BCUT2D eigenvalue weighted by Gasteiger charge is 1.97. The highest BCUT2D eigenvalue weighted by Crippen LogP contribution is 1.95. The summed E-state index contributed by atoms with van der Waals surface area (Å²) in [4.78, 5) is 10.4. The Balaban J connectivity index is 3.25. The smallest absolute Gasteiger partial charge is 0.330 e. The van der Waals surface area contributed by atoms with Gasteiger partial charge < -0.3 is 19.7 Å². The normalized spacial score (nSPS) is 11.7. The van der Waals surface area contributed by atoms with Crippen LogP contribution in [0.1, 0.15) is 13.3 Å². The van der Waals surface area contributed by atoms with Crippen LogP contribution >= 0.6 is 0 Å². The van der Waals surface area contributed by atoms with E-state index in [2.05, 4.69) is 0 Å². The van der Waals surface area contributed by atoms with Crippen LogP contribution < -0.4 is 0 Å². The van der Waals surface area contributed by atoms with Crippen LogP contribution in [-0.2, 0) is 14.3 Å². The van der Waals surface area contributed by atoms with Gasteiger partial charge in [0.2, 0.25) is 0 Å². The lowest BCUT2D eigenvalue weighted by Gasteiger charge is -2.03. The Hall–Kier alpha value is -0.910. The molecule has 0 aliphatic rings. The van der Waals surface area contributed by atoms with E-state index in [9.17, 15) is 4.79 Å². The van der Waals surface area contributed by atoms with Crippen LogP contribution in [0.2, 0.25) is 0 Å². The molecule has 5 heteroatoms. The molecular weight excluding hydrogens is 200 g/mol. The van der Waals surface area contributed by atoms with Crippen molar-refractivity contribution in [3.63, 3.8) is 0 Å². The van der Waals surface area contributed by atoms with Crippen molar-refractivity contribution in [2.45, 2.75) is 13.3 Å². The van der Waals surface area contributed by atoms with Gasteiger partial charge in [-0.2, -0.15) is 0 Å². The van der Waals surface area contributed by atoms with Crippen molar-refractivity contribution < 1.29 is 24.5 Å². The van der Waals surface area contributed by atoms with Crippen molar-refractivity contribution in [1.29, 1.82) is 0 Å². The fourth-order valence-corrected chi connectivity index (χ4v) is 0.833. The lowest BCUT2D eigenvalue weighted by Crippen LogP contribution is -2.07. The lowest BCUT2D eigenvalue weighted by molar-refractivity contribution is -0.132. The first-order valence-electron chi connectivity index (χ1n) is 4.85. The monoisotopic (exact) mass is 218 g/mol. The van der Waals surface area contributed by atoms with Crippen LogP contribution in [0.25, 0.3) is 0 Å². The van der Waals surface area contributed by atoms with Crippen molar-refractivity contribution >= 4 is 5.97 Å². The summed E-state index contributed by atoms with van der Waals surface area (Å²) >= 11 is 0. The zero-order chi connectivity index (χ0) is 11.5. The number of ether oxygens (including phenoxy) is 2. The number of carboxylic acids is 1. The minimum atomic E-state index is -0.902. The van der Waals surface area contributed by atoms with Crippen LogP contribution in [0, 0.1) is 0 Å². The maximum atomic E-state index is 10.4. The molecule has 0 amide bonds. The summed E-state index contributed by atoms with van der Waals surface area (Å²) < 4.78 is 10.1. The van der Waals surface area contributed by atoms with Gasteiger partial charge in [-0.15, -0.1) is 0 Å². The number of carboxylic acid groups (broad SMARTS) is 1. The highest BCUT2D eigenvalue weighted by atomic mass is 16.5. The standard InChI is InChI=1S/C10H18O5/c1-9(10(12)13)3-2-5-14-7-8-15-6-4-11/h3,11H,2,4-8H2,1H3,(H,12,13)/b9-3+. The van der Waals surface area contributed by atoms with E-state index in [-0.39, 0.29) is 6.61 Å². The maximum absolute atomic E-state index is 10.4. The third-order valence-corrected chi connectivity index (χ3v) is 1.66. The lowest BCUT2D eigenvalue weighted by atomic mass is 10.2. The molecule has 0 saturated heterocycles. The van der Waals surface area contributed by atoms with Crippen molar-refractivity contribution in [2.75, 3.05) is 33.0 Å². The predicted octanol–water partition coefficient (Wildman–Crippen LogP) is 0.433. The zero-order valence-electron chi connectivity index (χ0n) is 8.94. The molecule has 0 aliphatic carbocycles. The van der Waals surface area contributed by atoms with Crippen molar-refractivity contribution in [2.24, 2.45) is 0 Å². The van der Waals surface area contributed by atoms with Crippen LogP contribution in [0.15, 0.2) is 11.6 Å². The fourth-order valence-electron chi connectivity index (χ4n) is 0.833. The molecule has 0 saturated carbocycles. The van der Waals surface area contributed by atoms with E-state index in [1.54, 1.807) is 13.0 Å². The number of aliphatic hydroxyl groups is 1. The molecular formula is C10H18O5. The second-order valence-electron chi connectivity index (χ2n) is 2.93. The Morgan fingerprint density at radius 3 is 2.33 bits per heavy atom.